The molecule has 3 N–H and O–H groups in total. The maximum absolute atomic E-state index is 11.8. The molecule has 0 saturated carbocycles. The monoisotopic (exact) mass is 364 g/mol. The quantitative estimate of drug-likeness (QED) is 0.672. The number of aromatic nitrogens is 2. The first kappa shape index (κ1) is 18.5. The summed E-state index contributed by atoms with van der Waals surface area (Å²) in [5.41, 5.74) is 0.854. The number of rotatable bonds is 5. The van der Waals surface area contributed by atoms with Gasteiger partial charge in [-0.3, -0.25) is 0 Å². The molecule has 140 valence electrons. The Morgan fingerprint density at radius 3 is 2.62 bits per heavy atom. The zero-order valence-electron chi connectivity index (χ0n) is 13.8. The van der Waals surface area contributed by atoms with E-state index in [1.807, 2.05) is 30.3 Å². The van der Waals surface area contributed by atoms with E-state index < -0.39 is 36.8 Å². The van der Waals surface area contributed by atoms with Crippen molar-refractivity contribution in [3.63, 3.8) is 0 Å². The van der Waals surface area contributed by atoms with E-state index in [1.165, 1.54) is 18.7 Å². The number of ether oxygens (including phenoxy) is 3. The van der Waals surface area contributed by atoms with Crippen molar-refractivity contribution < 1.29 is 34.3 Å². The van der Waals surface area contributed by atoms with Crippen molar-refractivity contribution >= 4 is 6.09 Å². The fraction of sp³-hybridized carbons (Fsp3) is 0.412. The van der Waals surface area contributed by atoms with Gasteiger partial charge in [-0.25, -0.2) is 14.3 Å². The molecule has 2 aromatic rings. The SMILES string of the molecule is O=C(OC[C@H]1O[C@@H](OCc2ccccc2)[C@H](O)[C@@H](O)[C@@H]1O)n1ccnc1. The summed E-state index contributed by atoms with van der Waals surface area (Å²) >= 11 is 0. The molecule has 1 fully saturated rings. The molecule has 1 aromatic heterocycles. The molecular formula is C17H20N2O7. The number of hydrogen-bond acceptors (Lipinski definition) is 8. The zero-order chi connectivity index (χ0) is 18.5. The summed E-state index contributed by atoms with van der Waals surface area (Å²) < 4.78 is 17.2. The van der Waals surface area contributed by atoms with E-state index in [0.29, 0.717) is 0 Å². The van der Waals surface area contributed by atoms with E-state index in [0.717, 1.165) is 10.1 Å². The standard InChI is InChI=1S/C17H20N2O7/c20-13-12(9-25-17(23)19-7-6-18-10-19)26-16(15(22)14(13)21)24-8-11-4-2-1-3-5-11/h1-7,10,12-16,20-22H,8-9H2/t12-,13-,14+,15-,16-/m1/s1. The van der Waals surface area contributed by atoms with Crippen LogP contribution < -0.4 is 0 Å². The second-order valence-electron chi connectivity index (χ2n) is 5.86. The average Bonchev–Trinajstić information content (AvgIpc) is 3.20. The molecular weight excluding hydrogens is 344 g/mol. The molecule has 2 heterocycles. The molecule has 1 saturated heterocycles. The second kappa shape index (κ2) is 8.39. The first-order valence-electron chi connectivity index (χ1n) is 8.06. The summed E-state index contributed by atoms with van der Waals surface area (Å²) in [5, 5.41) is 30.1. The van der Waals surface area contributed by atoms with Gasteiger partial charge >= 0.3 is 6.09 Å². The summed E-state index contributed by atoms with van der Waals surface area (Å²) in [4.78, 5) is 15.5. The van der Waals surface area contributed by atoms with Crippen molar-refractivity contribution in [3.8, 4) is 0 Å². The van der Waals surface area contributed by atoms with Crippen LogP contribution in [0.25, 0.3) is 0 Å². The van der Waals surface area contributed by atoms with E-state index in [4.69, 9.17) is 14.2 Å². The Labute approximate surface area is 149 Å². The Morgan fingerprint density at radius 1 is 1.15 bits per heavy atom. The molecule has 0 bridgehead atoms. The smallest absolute Gasteiger partial charge is 0.419 e. The van der Waals surface area contributed by atoms with E-state index in [2.05, 4.69) is 4.98 Å². The zero-order valence-corrected chi connectivity index (χ0v) is 13.8. The average molecular weight is 364 g/mol. The molecule has 0 aliphatic carbocycles. The van der Waals surface area contributed by atoms with Crippen LogP contribution in [0.4, 0.5) is 4.79 Å². The number of imidazole rings is 1. The van der Waals surface area contributed by atoms with Crippen LogP contribution in [0.1, 0.15) is 5.56 Å². The van der Waals surface area contributed by atoms with Crippen molar-refractivity contribution in [2.45, 2.75) is 37.3 Å². The molecule has 0 spiro atoms. The molecule has 1 aromatic carbocycles. The number of aliphatic hydroxyl groups is 3. The third-order valence-corrected chi connectivity index (χ3v) is 4.01. The number of nitrogens with zero attached hydrogens (tertiary/aromatic N) is 2. The predicted octanol–water partition coefficient (Wildman–Crippen LogP) is -0.108. The van der Waals surface area contributed by atoms with Crippen LogP contribution in [0.5, 0.6) is 0 Å². The van der Waals surface area contributed by atoms with E-state index in [1.54, 1.807) is 0 Å². The minimum absolute atomic E-state index is 0.146. The normalized spacial score (nSPS) is 28.7. The van der Waals surface area contributed by atoms with Crippen LogP contribution in [0, 0.1) is 0 Å². The first-order chi connectivity index (χ1) is 12.6. The summed E-state index contributed by atoms with van der Waals surface area (Å²) in [6.07, 6.45) is -3.21. The number of aliphatic hydroxyl groups excluding tert-OH is 3. The largest absolute Gasteiger partial charge is 0.446 e. The highest BCUT2D eigenvalue weighted by atomic mass is 16.7. The molecule has 3 rings (SSSR count). The summed E-state index contributed by atoms with van der Waals surface area (Å²) in [6.45, 7) is -0.180. The maximum Gasteiger partial charge on any atom is 0.419 e. The van der Waals surface area contributed by atoms with E-state index in [-0.39, 0.29) is 13.2 Å². The summed E-state index contributed by atoms with van der Waals surface area (Å²) in [6, 6.07) is 9.22. The molecule has 1 aliphatic heterocycles. The van der Waals surface area contributed by atoms with Crippen LogP contribution in [0.15, 0.2) is 49.1 Å². The topological polar surface area (TPSA) is 123 Å². The molecule has 5 atom stereocenters. The van der Waals surface area contributed by atoms with Gasteiger partial charge in [0.25, 0.3) is 0 Å². The highest BCUT2D eigenvalue weighted by Crippen LogP contribution is 2.23. The molecule has 9 nitrogen and oxygen atoms in total. The molecule has 26 heavy (non-hydrogen) atoms. The Balaban J connectivity index is 1.58. The molecule has 1 aliphatic rings. The van der Waals surface area contributed by atoms with Gasteiger partial charge in [-0.05, 0) is 5.56 Å². The van der Waals surface area contributed by atoms with Crippen molar-refractivity contribution in [2.75, 3.05) is 6.61 Å². The third-order valence-electron chi connectivity index (χ3n) is 4.01. The minimum atomic E-state index is -1.50. The van der Waals surface area contributed by atoms with Gasteiger partial charge in [0.2, 0.25) is 0 Å². The fourth-order valence-electron chi connectivity index (χ4n) is 2.54. The summed E-state index contributed by atoms with van der Waals surface area (Å²) in [7, 11) is 0. The summed E-state index contributed by atoms with van der Waals surface area (Å²) in [5.74, 6) is 0. The van der Waals surface area contributed by atoms with Gasteiger partial charge in [0.15, 0.2) is 6.29 Å². The Hall–Kier alpha value is -2.30. The van der Waals surface area contributed by atoms with Crippen LogP contribution in [0.3, 0.4) is 0 Å². The molecule has 9 heteroatoms. The highest BCUT2D eigenvalue weighted by molar-refractivity contribution is 5.69. The minimum Gasteiger partial charge on any atom is -0.446 e. The number of carbonyl (C=O) groups is 1. The van der Waals surface area contributed by atoms with Crippen molar-refractivity contribution in [1.29, 1.82) is 0 Å². The van der Waals surface area contributed by atoms with Gasteiger partial charge in [-0.1, -0.05) is 30.3 Å². The second-order valence-corrected chi connectivity index (χ2v) is 5.86. The highest BCUT2D eigenvalue weighted by Gasteiger charge is 2.44. The van der Waals surface area contributed by atoms with Crippen LogP contribution >= 0.6 is 0 Å². The number of hydrogen-bond donors (Lipinski definition) is 3. The van der Waals surface area contributed by atoms with Crippen LogP contribution in [-0.2, 0) is 20.8 Å². The van der Waals surface area contributed by atoms with E-state index >= 15 is 0 Å². The number of carbonyl (C=O) groups excluding carboxylic acids is 1. The maximum atomic E-state index is 11.8. The third kappa shape index (κ3) is 4.26. The van der Waals surface area contributed by atoms with Crippen LogP contribution in [-0.4, -0.2) is 68.3 Å². The number of benzene rings is 1. The lowest BCUT2D eigenvalue weighted by atomic mass is 9.99. The van der Waals surface area contributed by atoms with Crippen molar-refractivity contribution in [2.24, 2.45) is 0 Å². The first-order valence-corrected chi connectivity index (χ1v) is 8.06. The predicted molar refractivity (Wildman–Crippen MR) is 86.9 cm³/mol. The van der Waals surface area contributed by atoms with Crippen molar-refractivity contribution in [3.05, 3.63) is 54.6 Å². The lowest BCUT2D eigenvalue weighted by Crippen LogP contribution is -2.59. The van der Waals surface area contributed by atoms with E-state index in [9.17, 15) is 20.1 Å². The molecule has 0 unspecified atom stereocenters. The molecule has 0 radical (unpaired) electrons. The van der Waals surface area contributed by atoms with Crippen molar-refractivity contribution in [1.82, 2.24) is 9.55 Å². The lowest BCUT2D eigenvalue weighted by molar-refractivity contribution is -0.303. The Morgan fingerprint density at radius 2 is 1.92 bits per heavy atom. The Bertz CT molecular complexity index is 694. The molecule has 0 amide bonds. The van der Waals surface area contributed by atoms with Gasteiger partial charge in [-0.15, -0.1) is 0 Å². The lowest BCUT2D eigenvalue weighted by Gasteiger charge is -2.39. The fourth-order valence-corrected chi connectivity index (χ4v) is 2.54. The Kier molecular flexibility index (Phi) is 5.96. The van der Waals surface area contributed by atoms with Gasteiger partial charge in [0.1, 0.15) is 37.4 Å². The van der Waals surface area contributed by atoms with Gasteiger partial charge < -0.3 is 29.5 Å². The van der Waals surface area contributed by atoms with Gasteiger partial charge in [0, 0.05) is 12.4 Å². The van der Waals surface area contributed by atoms with Gasteiger partial charge in [-0.2, -0.15) is 0 Å². The van der Waals surface area contributed by atoms with Gasteiger partial charge in [0.05, 0.1) is 6.61 Å². The van der Waals surface area contributed by atoms with Crippen LogP contribution in [0.2, 0.25) is 0 Å².